The van der Waals surface area contributed by atoms with Gasteiger partial charge >= 0.3 is 0 Å². The summed E-state index contributed by atoms with van der Waals surface area (Å²) in [6.45, 7) is 2.65. The first-order valence-electron chi connectivity index (χ1n) is 1.15. The second-order valence-electron chi connectivity index (χ2n) is 0.398. The fourth-order valence-corrected chi connectivity index (χ4v) is 0. The van der Waals surface area contributed by atoms with Crippen LogP contribution in [0.25, 0.3) is 0 Å². The molecule has 0 aromatic heterocycles. The number of hydrogen-bond donors (Lipinski definition) is 0. The Kier molecular flexibility index (Phi) is 16.3. The second kappa shape index (κ2) is 8.83. The highest BCUT2D eigenvalue weighted by Crippen LogP contribution is 1.76. The van der Waals surface area contributed by atoms with Gasteiger partial charge in [-0.25, -0.2) is 0 Å². The highest BCUT2D eigenvalue weighted by molar-refractivity contribution is 9.06. The van der Waals surface area contributed by atoms with Crippen molar-refractivity contribution >= 4 is 28.7 Å². The van der Waals surface area contributed by atoms with Gasteiger partial charge in [0.1, 0.15) is 0 Å². The smallest absolute Gasteiger partial charge is 0.0987 e. The van der Waals surface area contributed by atoms with Gasteiger partial charge in [0.15, 0.2) is 0 Å². The van der Waals surface area contributed by atoms with Crippen LogP contribution in [0, 0.1) is 0 Å². The van der Waals surface area contributed by atoms with Crippen molar-refractivity contribution in [2.75, 3.05) is 6.61 Å². The van der Waals surface area contributed by atoms with E-state index in [1.807, 2.05) is 6.92 Å². The molecule has 34 valence electrons. The molecule has 0 unspecified atom stereocenters. The Morgan fingerprint density at radius 1 is 1.80 bits per heavy atom. The lowest BCUT2D eigenvalue weighted by molar-refractivity contribution is 0.426. The van der Waals surface area contributed by atoms with E-state index in [2.05, 4.69) is 20.1 Å². The molecule has 0 saturated carbocycles. The van der Waals surface area contributed by atoms with E-state index >= 15 is 0 Å². The van der Waals surface area contributed by atoms with Crippen LogP contribution < -0.4 is 0 Å². The van der Waals surface area contributed by atoms with Gasteiger partial charge in [0, 0.05) is 0 Å². The molecule has 0 atom stereocenters. The maximum absolute atomic E-state index is 4.35. The van der Waals surface area contributed by atoms with E-state index in [1.54, 1.807) is 0 Å². The minimum absolute atomic E-state index is 0. The third-order valence-electron chi connectivity index (χ3n) is 0.109. The molecule has 0 aliphatic rings. The van der Waals surface area contributed by atoms with E-state index in [9.17, 15) is 0 Å². The standard InChI is InChI=1S/C2H5BrO.ClH/c1-2-4-3;/h2H2,1H3;1H. The molecule has 1 nitrogen and oxygen atoms in total. The van der Waals surface area contributed by atoms with Crippen LogP contribution in [0.4, 0.5) is 0 Å². The monoisotopic (exact) mass is 160 g/mol. The van der Waals surface area contributed by atoms with Crippen molar-refractivity contribution in [1.29, 1.82) is 0 Å². The normalized spacial score (nSPS) is 6.00. The van der Waals surface area contributed by atoms with E-state index in [-0.39, 0.29) is 12.4 Å². The molecule has 0 aliphatic carbocycles. The van der Waals surface area contributed by atoms with Crippen LogP contribution in [0.5, 0.6) is 0 Å². The molecule has 0 aromatic carbocycles. The maximum Gasteiger partial charge on any atom is 0.0987 e. The van der Waals surface area contributed by atoms with Gasteiger partial charge in [0.2, 0.25) is 0 Å². The minimum Gasteiger partial charge on any atom is -0.308 e. The summed E-state index contributed by atoms with van der Waals surface area (Å²) in [6, 6.07) is 0. The van der Waals surface area contributed by atoms with Crippen molar-refractivity contribution in [2.45, 2.75) is 6.92 Å². The van der Waals surface area contributed by atoms with Crippen LogP contribution in [-0.2, 0) is 3.83 Å². The molecule has 0 rings (SSSR count). The Bertz CT molecular complexity index is 11.6. The van der Waals surface area contributed by atoms with Gasteiger partial charge in [-0.1, -0.05) is 0 Å². The summed E-state index contributed by atoms with van der Waals surface area (Å²) in [5.74, 6) is 0. The molecule has 0 aromatic rings. The van der Waals surface area contributed by atoms with Gasteiger partial charge < -0.3 is 3.83 Å². The average molecular weight is 161 g/mol. The van der Waals surface area contributed by atoms with Crippen LogP contribution in [0.2, 0.25) is 0 Å². The third-order valence-corrected chi connectivity index (χ3v) is 0.567. The number of halogens is 2. The fourth-order valence-electron chi connectivity index (χ4n) is 0. The molecule has 0 bridgehead atoms. The Labute approximate surface area is 46.6 Å². The van der Waals surface area contributed by atoms with Crippen molar-refractivity contribution < 1.29 is 3.83 Å². The van der Waals surface area contributed by atoms with Gasteiger partial charge in [0.05, 0.1) is 22.9 Å². The molecule has 0 saturated heterocycles. The summed E-state index contributed by atoms with van der Waals surface area (Å²) >= 11 is 2.75. The Balaban J connectivity index is 0. The summed E-state index contributed by atoms with van der Waals surface area (Å²) in [4.78, 5) is 0. The molecule has 0 fully saturated rings. The zero-order valence-corrected chi connectivity index (χ0v) is 5.30. The predicted molar refractivity (Wildman–Crippen MR) is 27.8 cm³/mol. The predicted octanol–water partition coefficient (Wildman–Crippen LogP) is 1.75. The fraction of sp³-hybridized carbons (Fsp3) is 1.00. The van der Waals surface area contributed by atoms with E-state index in [4.69, 9.17) is 0 Å². The molecule has 5 heavy (non-hydrogen) atoms. The molecular formula is C2H6BrClO. The van der Waals surface area contributed by atoms with Crippen LogP contribution in [0.1, 0.15) is 6.92 Å². The van der Waals surface area contributed by atoms with Crippen LogP contribution in [-0.4, -0.2) is 6.61 Å². The molecule has 0 amide bonds. The van der Waals surface area contributed by atoms with Crippen LogP contribution in [0.15, 0.2) is 0 Å². The zero-order valence-electron chi connectivity index (χ0n) is 2.90. The van der Waals surface area contributed by atoms with Gasteiger partial charge in [-0.15, -0.1) is 12.4 Å². The van der Waals surface area contributed by atoms with Crippen molar-refractivity contribution in [3.05, 3.63) is 0 Å². The van der Waals surface area contributed by atoms with Crippen molar-refractivity contribution in [2.24, 2.45) is 0 Å². The molecule has 0 radical (unpaired) electrons. The SMILES string of the molecule is CCOBr.Cl. The third kappa shape index (κ3) is 11.8. The molecular weight excluding hydrogens is 155 g/mol. The summed E-state index contributed by atoms with van der Waals surface area (Å²) in [7, 11) is 0. The van der Waals surface area contributed by atoms with Crippen molar-refractivity contribution in [1.82, 2.24) is 0 Å². The molecule has 0 heterocycles. The summed E-state index contributed by atoms with van der Waals surface area (Å²) in [5.41, 5.74) is 0. The van der Waals surface area contributed by atoms with E-state index in [0.717, 1.165) is 6.61 Å². The Morgan fingerprint density at radius 2 is 2.00 bits per heavy atom. The first-order chi connectivity index (χ1) is 1.91. The quantitative estimate of drug-likeness (QED) is 0.569. The summed E-state index contributed by atoms with van der Waals surface area (Å²) < 4.78 is 4.35. The minimum atomic E-state index is 0. The first-order valence-corrected chi connectivity index (χ1v) is 1.80. The molecule has 0 aliphatic heterocycles. The second-order valence-corrected chi connectivity index (χ2v) is 0.856. The zero-order chi connectivity index (χ0) is 3.41. The van der Waals surface area contributed by atoms with E-state index in [1.165, 1.54) is 0 Å². The van der Waals surface area contributed by atoms with Gasteiger partial charge in [-0.2, -0.15) is 0 Å². The highest BCUT2D eigenvalue weighted by atomic mass is 79.9. The lowest BCUT2D eigenvalue weighted by atomic mass is 10.9. The summed E-state index contributed by atoms with van der Waals surface area (Å²) in [6.07, 6.45) is 0. The van der Waals surface area contributed by atoms with Gasteiger partial charge in [-0.05, 0) is 6.92 Å². The Hall–Kier alpha value is 0.730. The van der Waals surface area contributed by atoms with E-state index < -0.39 is 0 Å². The topological polar surface area (TPSA) is 9.23 Å². The van der Waals surface area contributed by atoms with Crippen LogP contribution in [0.3, 0.4) is 0 Å². The Morgan fingerprint density at radius 3 is 2.00 bits per heavy atom. The highest BCUT2D eigenvalue weighted by Gasteiger charge is 1.55. The first kappa shape index (κ1) is 9.21. The lowest BCUT2D eigenvalue weighted by Gasteiger charge is -1.71. The van der Waals surface area contributed by atoms with Gasteiger partial charge in [0.25, 0.3) is 0 Å². The van der Waals surface area contributed by atoms with Gasteiger partial charge in [-0.3, -0.25) is 0 Å². The number of hydrogen-bond acceptors (Lipinski definition) is 1. The lowest BCUT2D eigenvalue weighted by Crippen LogP contribution is -1.63. The number of rotatable bonds is 1. The molecule has 0 N–H and O–H groups in total. The average Bonchev–Trinajstić information content (AvgIpc) is 1.37. The summed E-state index contributed by atoms with van der Waals surface area (Å²) in [5, 5.41) is 0. The van der Waals surface area contributed by atoms with Crippen molar-refractivity contribution in [3.8, 4) is 0 Å². The van der Waals surface area contributed by atoms with E-state index in [0.29, 0.717) is 0 Å². The van der Waals surface area contributed by atoms with Crippen LogP contribution >= 0.6 is 28.7 Å². The maximum atomic E-state index is 4.35. The molecule has 0 spiro atoms. The largest absolute Gasteiger partial charge is 0.308 e. The molecule has 3 heteroatoms. The van der Waals surface area contributed by atoms with Crippen molar-refractivity contribution in [3.63, 3.8) is 0 Å².